The maximum Gasteiger partial charge on any atom is 0.321 e. The lowest BCUT2D eigenvalue weighted by Gasteiger charge is -2.18. The monoisotopic (exact) mass is 321 g/mol. The van der Waals surface area contributed by atoms with Crippen molar-refractivity contribution in [3.8, 4) is 5.75 Å². The van der Waals surface area contributed by atoms with Crippen molar-refractivity contribution in [1.29, 1.82) is 0 Å². The molecule has 0 radical (unpaired) electrons. The summed E-state index contributed by atoms with van der Waals surface area (Å²) < 4.78 is 35.3. The van der Waals surface area contributed by atoms with E-state index in [2.05, 4.69) is 0 Å². The molecule has 0 aliphatic rings. The number of benzene rings is 1. The van der Waals surface area contributed by atoms with Crippen molar-refractivity contribution in [2.45, 2.75) is 11.8 Å². The van der Waals surface area contributed by atoms with Gasteiger partial charge in [0.15, 0.2) is 0 Å². The molecule has 0 unspecified atom stereocenters. The van der Waals surface area contributed by atoms with Crippen LogP contribution in [0.4, 0.5) is 0 Å². The summed E-state index contributed by atoms with van der Waals surface area (Å²) >= 11 is 5.79. The topological polar surface area (TPSA) is 72.9 Å². The lowest BCUT2D eigenvalue weighted by molar-refractivity contribution is -0.143. The van der Waals surface area contributed by atoms with Crippen LogP contribution in [-0.2, 0) is 19.6 Å². The number of carbonyl (C=O) groups excluding carboxylic acids is 1. The van der Waals surface area contributed by atoms with Gasteiger partial charge in [0.05, 0.1) is 13.7 Å². The van der Waals surface area contributed by atoms with Crippen molar-refractivity contribution >= 4 is 27.6 Å². The molecule has 1 aromatic carbocycles. The molecule has 0 bridgehead atoms. The maximum absolute atomic E-state index is 12.4. The molecule has 0 aliphatic heterocycles. The highest BCUT2D eigenvalue weighted by Crippen LogP contribution is 2.29. The minimum Gasteiger partial charge on any atom is -0.495 e. The fraction of sp³-hybridized carbons (Fsp3) is 0.417. The Balaban J connectivity index is 3.07. The lowest BCUT2D eigenvalue weighted by Crippen LogP contribution is -2.33. The van der Waals surface area contributed by atoms with Crippen LogP contribution in [-0.4, -0.2) is 46.0 Å². The van der Waals surface area contributed by atoms with Crippen molar-refractivity contribution in [2.75, 3.05) is 27.3 Å². The Kier molecular flexibility index (Phi) is 5.79. The second-order valence-corrected chi connectivity index (χ2v) is 6.31. The van der Waals surface area contributed by atoms with Crippen LogP contribution < -0.4 is 4.74 Å². The molecular formula is C12H16ClNO5S. The quantitative estimate of drug-likeness (QED) is 0.743. The number of hydrogen-bond donors (Lipinski definition) is 0. The largest absolute Gasteiger partial charge is 0.495 e. The van der Waals surface area contributed by atoms with Gasteiger partial charge in [-0.2, -0.15) is 4.31 Å². The molecule has 0 heterocycles. The first-order chi connectivity index (χ1) is 9.32. The van der Waals surface area contributed by atoms with E-state index < -0.39 is 16.0 Å². The molecule has 1 rings (SSSR count). The van der Waals surface area contributed by atoms with Crippen LogP contribution in [0.2, 0.25) is 5.02 Å². The fourth-order valence-corrected chi connectivity index (χ4v) is 2.91. The first kappa shape index (κ1) is 16.7. The summed E-state index contributed by atoms with van der Waals surface area (Å²) in [6, 6.07) is 4.17. The van der Waals surface area contributed by atoms with E-state index in [1.54, 1.807) is 6.92 Å². The van der Waals surface area contributed by atoms with Crippen LogP contribution in [0.25, 0.3) is 0 Å². The number of carbonyl (C=O) groups is 1. The standard InChI is InChI=1S/C12H16ClNO5S/c1-4-19-12(15)8-14(2)20(16,17)11-6-5-9(13)7-10(11)18-3/h5-7H,4,8H2,1-3H3. The molecule has 0 aliphatic carbocycles. The van der Waals surface area contributed by atoms with Crippen molar-refractivity contribution in [1.82, 2.24) is 4.31 Å². The summed E-state index contributed by atoms with van der Waals surface area (Å²) in [5.74, 6) is -0.500. The molecule has 6 nitrogen and oxygen atoms in total. The molecule has 0 saturated heterocycles. The molecular weight excluding hydrogens is 306 g/mol. The third-order valence-electron chi connectivity index (χ3n) is 2.47. The van der Waals surface area contributed by atoms with Crippen molar-refractivity contribution in [3.63, 3.8) is 0 Å². The van der Waals surface area contributed by atoms with E-state index in [9.17, 15) is 13.2 Å². The average molecular weight is 322 g/mol. The minimum atomic E-state index is -3.86. The van der Waals surface area contributed by atoms with Gasteiger partial charge in [-0.05, 0) is 19.1 Å². The maximum atomic E-state index is 12.4. The van der Waals surface area contributed by atoms with Crippen molar-refractivity contribution < 1.29 is 22.7 Å². The summed E-state index contributed by atoms with van der Waals surface area (Å²) in [7, 11) is -1.23. The van der Waals surface area contributed by atoms with Gasteiger partial charge in [-0.1, -0.05) is 11.6 Å². The van der Waals surface area contributed by atoms with Crippen LogP contribution in [0.1, 0.15) is 6.92 Å². The van der Waals surface area contributed by atoms with Crippen molar-refractivity contribution in [3.05, 3.63) is 23.2 Å². The third kappa shape index (κ3) is 3.84. The zero-order valence-electron chi connectivity index (χ0n) is 11.4. The van der Waals surface area contributed by atoms with Gasteiger partial charge in [-0.3, -0.25) is 4.79 Å². The Hall–Kier alpha value is -1.31. The minimum absolute atomic E-state index is 0.0591. The van der Waals surface area contributed by atoms with Crippen LogP contribution >= 0.6 is 11.6 Å². The van der Waals surface area contributed by atoms with Gasteiger partial charge in [0.2, 0.25) is 10.0 Å². The van der Waals surface area contributed by atoms with Crippen LogP contribution in [0.15, 0.2) is 23.1 Å². The second-order valence-electron chi connectivity index (χ2n) is 3.86. The number of methoxy groups -OCH3 is 1. The van der Waals surface area contributed by atoms with Gasteiger partial charge < -0.3 is 9.47 Å². The van der Waals surface area contributed by atoms with E-state index in [0.29, 0.717) is 5.02 Å². The Morgan fingerprint density at radius 3 is 2.60 bits per heavy atom. The SMILES string of the molecule is CCOC(=O)CN(C)S(=O)(=O)c1ccc(Cl)cc1OC. The van der Waals surface area contributed by atoms with Gasteiger partial charge in [-0.25, -0.2) is 8.42 Å². The van der Waals surface area contributed by atoms with E-state index in [1.165, 1.54) is 32.4 Å². The van der Waals surface area contributed by atoms with E-state index in [-0.39, 0.29) is 23.8 Å². The van der Waals surface area contributed by atoms with Gasteiger partial charge in [0.25, 0.3) is 0 Å². The highest BCUT2D eigenvalue weighted by molar-refractivity contribution is 7.89. The number of halogens is 1. The zero-order valence-corrected chi connectivity index (χ0v) is 13.0. The molecule has 0 N–H and O–H groups in total. The van der Waals surface area contributed by atoms with Crippen LogP contribution in [0, 0.1) is 0 Å². The van der Waals surface area contributed by atoms with Gasteiger partial charge in [0.1, 0.15) is 17.2 Å². The first-order valence-electron chi connectivity index (χ1n) is 5.78. The zero-order chi connectivity index (χ0) is 15.3. The Morgan fingerprint density at radius 1 is 1.40 bits per heavy atom. The van der Waals surface area contributed by atoms with Crippen molar-refractivity contribution in [2.24, 2.45) is 0 Å². The highest BCUT2D eigenvalue weighted by Gasteiger charge is 2.26. The molecule has 0 amide bonds. The number of nitrogens with zero attached hydrogens (tertiary/aromatic N) is 1. The molecule has 0 fully saturated rings. The Bertz CT molecular complexity index is 588. The van der Waals surface area contributed by atoms with E-state index >= 15 is 0 Å². The number of likely N-dealkylation sites (N-methyl/N-ethyl adjacent to an activating group) is 1. The molecule has 8 heteroatoms. The summed E-state index contributed by atoms with van der Waals surface area (Å²) in [6.07, 6.45) is 0. The fourth-order valence-electron chi connectivity index (χ4n) is 1.50. The van der Waals surface area contributed by atoms with Gasteiger partial charge >= 0.3 is 5.97 Å². The molecule has 20 heavy (non-hydrogen) atoms. The summed E-state index contributed by atoms with van der Waals surface area (Å²) in [4.78, 5) is 11.3. The van der Waals surface area contributed by atoms with Gasteiger partial charge in [-0.15, -0.1) is 0 Å². The molecule has 0 atom stereocenters. The second kappa shape index (κ2) is 6.92. The summed E-state index contributed by atoms with van der Waals surface area (Å²) in [5, 5.41) is 0.355. The van der Waals surface area contributed by atoms with E-state index in [4.69, 9.17) is 21.1 Å². The third-order valence-corrected chi connectivity index (χ3v) is 4.55. The summed E-state index contributed by atoms with van der Waals surface area (Å²) in [6.45, 7) is 1.47. The Labute approximate surface area is 123 Å². The first-order valence-corrected chi connectivity index (χ1v) is 7.60. The molecule has 112 valence electrons. The van der Waals surface area contributed by atoms with Crippen LogP contribution in [0.5, 0.6) is 5.75 Å². The number of hydrogen-bond acceptors (Lipinski definition) is 5. The summed E-state index contributed by atoms with van der Waals surface area (Å²) in [5.41, 5.74) is 0. The van der Waals surface area contributed by atoms with E-state index in [0.717, 1.165) is 4.31 Å². The number of sulfonamides is 1. The normalized spacial score (nSPS) is 11.4. The van der Waals surface area contributed by atoms with Gasteiger partial charge in [0, 0.05) is 18.1 Å². The predicted octanol–water partition coefficient (Wildman–Crippen LogP) is 1.53. The molecule has 0 saturated carbocycles. The Morgan fingerprint density at radius 2 is 2.05 bits per heavy atom. The molecule has 0 spiro atoms. The van der Waals surface area contributed by atoms with E-state index in [1.807, 2.05) is 0 Å². The highest BCUT2D eigenvalue weighted by atomic mass is 35.5. The average Bonchev–Trinajstić information content (AvgIpc) is 2.38. The number of ether oxygens (including phenoxy) is 2. The smallest absolute Gasteiger partial charge is 0.321 e. The number of rotatable bonds is 6. The lowest BCUT2D eigenvalue weighted by atomic mass is 10.3. The number of esters is 1. The molecule has 0 aromatic heterocycles. The van der Waals surface area contributed by atoms with Crippen LogP contribution in [0.3, 0.4) is 0 Å². The molecule has 1 aromatic rings. The predicted molar refractivity (Wildman–Crippen MR) is 74.5 cm³/mol.